The van der Waals surface area contributed by atoms with Crippen molar-refractivity contribution in [1.29, 1.82) is 0 Å². The van der Waals surface area contributed by atoms with Crippen molar-refractivity contribution in [3.05, 3.63) is 23.8 Å². The first-order valence-electron chi connectivity index (χ1n) is 6.69. The summed E-state index contributed by atoms with van der Waals surface area (Å²) < 4.78 is 10.6. The molecule has 1 aromatic rings. The van der Waals surface area contributed by atoms with Crippen LogP contribution in [0.15, 0.2) is 18.2 Å². The summed E-state index contributed by atoms with van der Waals surface area (Å²) in [5.41, 5.74) is 0.735. The first-order chi connectivity index (χ1) is 9.43. The van der Waals surface area contributed by atoms with Gasteiger partial charge in [-0.05, 0) is 30.5 Å². The van der Waals surface area contributed by atoms with E-state index in [-0.39, 0.29) is 12.5 Å². The highest BCUT2D eigenvalue weighted by Crippen LogP contribution is 2.30. The number of hydrogen-bond acceptors (Lipinski definition) is 4. The largest absolute Gasteiger partial charge is 0.493 e. The van der Waals surface area contributed by atoms with Gasteiger partial charge in [-0.2, -0.15) is 0 Å². The van der Waals surface area contributed by atoms with Crippen molar-refractivity contribution in [3.8, 4) is 11.5 Å². The number of hydrogen-bond donors (Lipinski definition) is 2. The fourth-order valence-corrected chi connectivity index (χ4v) is 1.58. The number of carbonyl (C=O) groups excluding carboxylic acids is 1. The van der Waals surface area contributed by atoms with Crippen LogP contribution in [0, 0.1) is 5.92 Å². The number of ether oxygens (including phenoxy) is 2. The molecule has 1 atom stereocenters. The predicted molar refractivity (Wildman–Crippen MR) is 77.0 cm³/mol. The van der Waals surface area contributed by atoms with E-state index in [1.165, 1.54) is 7.11 Å². The highest BCUT2D eigenvalue weighted by atomic mass is 16.5. The number of methoxy groups -OCH3 is 1. The van der Waals surface area contributed by atoms with Gasteiger partial charge in [-0.1, -0.05) is 19.9 Å². The molecule has 20 heavy (non-hydrogen) atoms. The van der Waals surface area contributed by atoms with Gasteiger partial charge in [0.15, 0.2) is 18.1 Å². The maximum absolute atomic E-state index is 11.6. The Bertz CT molecular complexity index is 443. The van der Waals surface area contributed by atoms with E-state index in [0.717, 1.165) is 5.56 Å². The van der Waals surface area contributed by atoms with Crippen LogP contribution >= 0.6 is 0 Å². The Balaban J connectivity index is 2.61. The molecular weight excluding hydrogens is 258 g/mol. The third-order valence-electron chi connectivity index (χ3n) is 2.74. The van der Waals surface area contributed by atoms with Gasteiger partial charge in [0.1, 0.15) is 0 Å². The summed E-state index contributed by atoms with van der Waals surface area (Å²) in [5, 5.41) is 12.3. The smallest absolute Gasteiger partial charge is 0.257 e. The van der Waals surface area contributed by atoms with Crippen molar-refractivity contribution in [2.45, 2.75) is 26.9 Å². The second-order valence-electron chi connectivity index (χ2n) is 5.07. The van der Waals surface area contributed by atoms with Crippen LogP contribution in [0.4, 0.5) is 0 Å². The molecule has 1 aromatic carbocycles. The lowest BCUT2D eigenvalue weighted by molar-refractivity contribution is -0.123. The number of aliphatic hydroxyl groups excluding tert-OH is 1. The molecule has 0 aliphatic carbocycles. The summed E-state index contributed by atoms with van der Waals surface area (Å²) in [5.74, 6) is 1.22. The molecule has 0 bridgehead atoms. The van der Waals surface area contributed by atoms with Crippen LogP contribution in [0.3, 0.4) is 0 Å². The molecule has 0 radical (unpaired) electrons. The average molecular weight is 281 g/mol. The number of nitrogens with one attached hydrogen (secondary N) is 1. The normalized spacial score (nSPS) is 12.1. The molecule has 0 unspecified atom stereocenters. The number of aliphatic hydroxyl groups is 1. The summed E-state index contributed by atoms with van der Waals surface area (Å²) >= 11 is 0. The van der Waals surface area contributed by atoms with Crippen LogP contribution in [-0.2, 0) is 4.79 Å². The third kappa shape index (κ3) is 5.09. The fraction of sp³-hybridized carbons (Fsp3) is 0.533. The van der Waals surface area contributed by atoms with Crippen molar-refractivity contribution < 1.29 is 19.4 Å². The van der Waals surface area contributed by atoms with Gasteiger partial charge in [-0.3, -0.25) is 4.79 Å². The second-order valence-corrected chi connectivity index (χ2v) is 5.07. The number of rotatable bonds is 7. The van der Waals surface area contributed by atoms with Crippen LogP contribution < -0.4 is 14.8 Å². The lowest BCUT2D eigenvalue weighted by Gasteiger charge is -2.13. The molecule has 2 N–H and O–H groups in total. The predicted octanol–water partition coefficient (Wildman–Crippen LogP) is 1.90. The van der Waals surface area contributed by atoms with Gasteiger partial charge in [0.2, 0.25) is 0 Å². The molecule has 0 aliphatic rings. The first-order valence-corrected chi connectivity index (χ1v) is 6.69. The minimum atomic E-state index is -0.577. The molecule has 0 aliphatic heterocycles. The molecule has 0 spiro atoms. The van der Waals surface area contributed by atoms with Gasteiger partial charge >= 0.3 is 0 Å². The Morgan fingerprint density at radius 1 is 1.30 bits per heavy atom. The molecule has 5 heteroatoms. The number of benzene rings is 1. The molecule has 0 fully saturated rings. The Hall–Kier alpha value is -1.75. The van der Waals surface area contributed by atoms with Crippen molar-refractivity contribution in [2.75, 3.05) is 20.3 Å². The van der Waals surface area contributed by atoms with Crippen molar-refractivity contribution in [1.82, 2.24) is 5.32 Å². The van der Waals surface area contributed by atoms with Crippen molar-refractivity contribution in [2.24, 2.45) is 5.92 Å². The van der Waals surface area contributed by atoms with Crippen LogP contribution in [0.5, 0.6) is 11.5 Å². The Kier molecular flexibility index (Phi) is 6.31. The topological polar surface area (TPSA) is 67.8 Å². The van der Waals surface area contributed by atoms with Gasteiger partial charge in [-0.25, -0.2) is 0 Å². The first kappa shape index (κ1) is 16.3. The monoisotopic (exact) mass is 281 g/mol. The molecule has 0 aromatic heterocycles. The molecule has 1 amide bonds. The standard InChI is InChI=1S/C15H23NO4/c1-10(2)8-16-15(18)9-20-13-6-5-12(11(3)17)7-14(13)19-4/h5-7,10-11,17H,8-9H2,1-4H3,(H,16,18)/t11-/m0/s1. The van der Waals surface area contributed by atoms with Gasteiger partial charge in [-0.15, -0.1) is 0 Å². The van der Waals surface area contributed by atoms with Gasteiger partial charge in [0.25, 0.3) is 5.91 Å². The molecule has 112 valence electrons. The van der Waals surface area contributed by atoms with Crippen LogP contribution in [0.2, 0.25) is 0 Å². The van der Waals surface area contributed by atoms with E-state index in [2.05, 4.69) is 5.32 Å². The van der Waals surface area contributed by atoms with E-state index in [9.17, 15) is 9.90 Å². The van der Waals surface area contributed by atoms with Crippen molar-refractivity contribution >= 4 is 5.91 Å². The maximum atomic E-state index is 11.6. The zero-order chi connectivity index (χ0) is 15.1. The molecule has 5 nitrogen and oxygen atoms in total. The summed E-state index contributed by atoms with van der Waals surface area (Å²) in [6.07, 6.45) is -0.577. The highest BCUT2D eigenvalue weighted by Gasteiger charge is 2.10. The van der Waals surface area contributed by atoms with Crippen molar-refractivity contribution in [3.63, 3.8) is 0 Å². The SMILES string of the molecule is COc1cc([C@H](C)O)ccc1OCC(=O)NCC(C)C. The molecule has 0 heterocycles. The lowest BCUT2D eigenvalue weighted by atomic mass is 10.1. The minimum Gasteiger partial charge on any atom is -0.493 e. The molecular formula is C15H23NO4. The van der Waals surface area contributed by atoms with Crippen LogP contribution in [0.1, 0.15) is 32.4 Å². The minimum absolute atomic E-state index is 0.0584. The Morgan fingerprint density at radius 2 is 2.00 bits per heavy atom. The zero-order valence-electron chi connectivity index (χ0n) is 12.5. The number of carbonyl (C=O) groups is 1. The van der Waals surface area contributed by atoms with Gasteiger partial charge in [0.05, 0.1) is 13.2 Å². The highest BCUT2D eigenvalue weighted by molar-refractivity contribution is 5.77. The summed E-state index contributed by atoms with van der Waals surface area (Å²) in [4.78, 5) is 11.6. The molecule has 0 saturated heterocycles. The van der Waals surface area contributed by atoms with E-state index >= 15 is 0 Å². The van der Waals surface area contributed by atoms with Gasteiger partial charge < -0.3 is 19.9 Å². The van der Waals surface area contributed by atoms with Crippen LogP contribution in [-0.4, -0.2) is 31.3 Å². The van der Waals surface area contributed by atoms with E-state index in [1.54, 1.807) is 25.1 Å². The summed E-state index contributed by atoms with van der Waals surface area (Å²) in [6.45, 7) is 6.30. The van der Waals surface area contributed by atoms with E-state index in [4.69, 9.17) is 9.47 Å². The quantitative estimate of drug-likeness (QED) is 0.801. The lowest BCUT2D eigenvalue weighted by Crippen LogP contribution is -2.31. The van der Waals surface area contributed by atoms with E-state index in [1.807, 2.05) is 13.8 Å². The summed E-state index contributed by atoms with van der Waals surface area (Å²) in [6, 6.07) is 5.14. The maximum Gasteiger partial charge on any atom is 0.257 e. The van der Waals surface area contributed by atoms with Crippen LogP contribution in [0.25, 0.3) is 0 Å². The zero-order valence-corrected chi connectivity index (χ0v) is 12.5. The fourth-order valence-electron chi connectivity index (χ4n) is 1.58. The van der Waals surface area contributed by atoms with E-state index in [0.29, 0.717) is 24.0 Å². The van der Waals surface area contributed by atoms with Gasteiger partial charge in [0, 0.05) is 6.54 Å². The van der Waals surface area contributed by atoms with E-state index < -0.39 is 6.10 Å². The number of amides is 1. The second kappa shape index (κ2) is 7.75. The summed E-state index contributed by atoms with van der Waals surface area (Å²) in [7, 11) is 1.52. The third-order valence-corrected chi connectivity index (χ3v) is 2.74. The Morgan fingerprint density at radius 3 is 2.55 bits per heavy atom. The Labute approximate surface area is 119 Å². The molecule has 1 rings (SSSR count). The molecule has 0 saturated carbocycles. The average Bonchev–Trinajstić information content (AvgIpc) is 2.42.